The van der Waals surface area contributed by atoms with E-state index < -0.39 is 11.5 Å². The van der Waals surface area contributed by atoms with Crippen molar-refractivity contribution in [2.45, 2.75) is 46.6 Å². The minimum atomic E-state index is -0.559. The molecule has 0 aromatic heterocycles. The summed E-state index contributed by atoms with van der Waals surface area (Å²) in [7, 11) is 1.54. The van der Waals surface area contributed by atoms with Gasteiger partial charge in [0, 0.05) is 25.6 Å². The zero-order valence-electron chi connectivity index (χ0n) is 13.7. The molecule has 120 valence electrons. The maximum absolute atomic E-state index is 12.3. The number of rotatable bonds is 3. The fourth-order valence-electron chi connectivity index (χ4n) is 2.46. The highest BCUT2D eigenvalue weighted by Crippen LogP contribution is 2.23. The van der Waals surface area contributed by atoms with Crippen LogP contribution in [-0.4, -0.2) is 48.8 Å². The average molecular weight is 297 g/mol. The third-order valence-corrected chi connectivity index (χ3v) is 3.72. The molecule has 0 bridgehead atoms. The average Bonchev–Trinajstić information content (AvgIpc) is 2.44. The fourth-order valence-corrected chi connectivity index (χ4v) is 2.46. The second-order valence-electron chi connectivity index (χ2n) is 6.68. The predicted octanol–water partition coefficient (Wildman–Crippen LogP) is 0.522. The van der Waals surface area contributed by atoms with Crippen molar-refractivity contribution in [2.75, 3.05) is 20.1 Å². The Hall–Kier alpha value is -1.59. The Balaban J connectivity index is 2.62. The van der Waals surface area contributed by atoms with Crippen LogP contribution in [0.3, 0.4) is 0 Å². The minimum absolute atomic E-state index is 0.0688. The van der Waals surface area contributed by atoms with Crippen LogP contribution < -0.4 is 10.6 Å². The highest BCUT2D eigenvalue weighted by molar-refractivity contribution is 5.88. The van der Waals surface area contributed by atoms with Gasteiger partial charge < -0.3 is 15.5 Å². The summed E-state index contributed by atoms with van der Waals surface area (Å²) in [6, 6.07) is -0.559. The number of likely N-dealkylation sites (N-methyl/N-ethyl adjacent to an activating group) is 1. The van der Waals surface area contributed by atoms with Gasteiger partial charge in [0.1, 0.15) is 6.04 Å². The first-order valence-electron chi connectivity index (χ1n) is 7.48. The quantitative estimate of drug-likeness (QED) is 0.797. The van der Waals surface area contributed by atoms with Gasteiger partial charge in [0.05, 0.1) is 5.92 Å². The SMILES string of the molecule is CNC(=O)[C@H](C)NC(=O)[C@@H]1CCCN(C(=O)C(C)(C)C)C1. The fraction of sp³-hybridized carbons (Fsp3) is 0.800. The summed E-state index contributed by atoms with van der Waals surface area (Å²) in [4.78, 5) is 37.7. The van der Waals surface area contributed by atoms with Crippen molar-refractivity contribution >= 4 is 17.7 Å². The van der Waals surface area contributed by atoms with E-state index in [9.17, 15) is 14.4 Å². The molecule has 21 heavy (non-hydrogen) atoms. The summed E-state index contributed by atoms with van der Waals surface area (Å²) >= 11 is 0. The zero-order chi connectivity index (χ0) is 16.2. The molecule has 0 unspecified atom stereocenters. The maximum Gasteiger partial charge on any atom is 0.242 e. The van der Waals surface area contributed by atoms with Crippen LogP contribution in [0.4, 0.5) is 0 Å². The smallest absolute Gasteiger partial charge is 0.242 e. The Morgan fingerprint density at radius 3 is 2.38 bits per heavy atom. The first-order valence-corrected chi connectivity index (χ1v) is 7.48. The Kier molecular flexibility index (Phi) is 5.75. The first kappa shape index (κ1) is 17.5. The number of likely N-dealkylation sites (tertiary alicyclic amines) is 1. The molecule has 0 saturated carbocycles. The normalized spacial score (nSPS) is 20.6. The molecule has 6 heteroatoms. The van der Waals surface area contributed by atoms with Gasteiger partial charge in [-0.05, 0) is 19.8 Å². The Bertz CT molecular complexity index is 415. The highest BCUT2D eigenvalue weighted by Gasteiger charge is 2.33. The molecule has 1 saturated heterocycles. The second-order valence-corrected chi connectivity index (χ2v) is 6.68. The van der Waals surface area contributed by atoms with E-state index in [1.54, 1.807) is 11.8 Å². The van der Waals surface area contributed by atoms with E-state index in [-0.39, 0.29) is 23.6 Å². The van der Waals surface area contributed by atoms with Gasteiger partial charge in [-0.1, -0.05) is 20.8 Å². The largest absolute Gasteiger partial charge is 0.357 e. The van der Waals surface area contributed by atoms with Gasteiger partial charge in [0.2, 0.25) is 17.7 Å². The Morgan fingerprint density at radius 2 is 1.86 bits per heavy atom. The van der Waals surface area contributed by atoms with E-state index >= 15 is 0 Å². The Morgan fingerprint density at radius 1 is 1.24 bits per heavy atom. The molecule has 0 aromatic carbocycles. The van der Waals surface area contributed by atoms with Gasteiger partial charge in [-0.2, -0.15) is 0 Å². The number of carbonyl (C=O) groups excluding carboxylic acids is 3. The van der Waals surface area contributed by atoms with E-state index in [0.29, 0.717) is 13.1 Å². The zero-order valence-corrected chi connectivity index (χ0v) is 13.7. The third kappa shape index (κ3) is 4.72. The molecule has 0 radical (unpaired) electrons. The van der Waals surface area contributed by atoms with Crippen molar-refractivity contribution in [1.82, 2.24) is 15.5 Å². The van der Waals surface area contributed by atoms with Gasteiger partial charge in [-0.3, -0.25) is 14.4 Å². The molecule has 3 amide bonds. The topological polar surface area (TPSA) is 78.5 Å². The number of hydrogen-bond donors (Lipinski definition) is 2. The van der Waals surface area contributed by atoms with Crippen LogP contribution in [0.15, 0.2) is 0 Å². The van der Waals surface area contributed by atoms with Crippen molar-refractivity contribution in [2.24, 2.45) is 11.3 Å². The lowest BCUT2D eigenvalue weighted by atomic mass is 9.91. The molecule has 0 spiro atoms. The number of hydrogen-bond acceptors (Lipinski definition) is 3. The van der Waals surface area contributed by atoms with E-state index in [1.165, 1.54) is 7.05 Å². The van der Waals surface area contributed by atoms with E-state index in [2.05, 4.69) is 10.6 Å². The molecule has 1 rings (SSSR count). The molecule has 2 N–H and O–H groups in total. The molecule has 1 aliphatic heterocycles. The first-order chi connectivity index (χ1) is 9.66. The summed E-state index contributed by atoms with van der Waals surface area (Å²) in [5.41, 5.74) is -0.437. The van der Waals surface area contributed by atoms with Crippen LogP contribution in [-0.2, 0) is 14.4 Å². The lowest BCUT2D eigenvalue weighted by Crippen LogP contribution is -2.51. The number of nitrogens with zero attached hydrogens (tertiary/aromatic N) is 1. The lowest BCUT2D eigenvalue weighted by Gasteiger charge is -2.36. The minimum Gasteiger partial charge on any atom is -0.357 e. The van der Waals surface area contributed by atoms with Gasteiger partial charge in [0.25, 0.3) is 0 Å². The summed E-state index contributed by atoms with van der Waals surface area (Å²) in [6.07, 6.45) is 1.56. The standard InChI is InChI=1S/C15H27N3O3/c1-10(12(19)16-5)17-13(20)11-7-6-8-18(9-11)14(21)15(2,3)4/h10-11H,6-9H2,1-5H3,(H,16,19)(H,17,20)/t10-,11+/m0/s1. The number of nitrogens with one attached hydrogen (secondary N) is 2. The number of carbonyl (C=O) groups is 3. The van der Waals surface area contributed by atoms with E-state index in [1.807, 2.05) is 20.8 Å². The molecule has 6 nitrogen and oxygen atoms in total. The van der Waals surface area contributed by atoms with Crippen molar-refractivity contribution in [1.29, 1.82) is 0 Å². The highest BCUT2D eigenvalue weighted by atomic mass is 16.2. The van der Waals surface area contributed by atoms with Crippen LogP contribution in [0.25, 0.3) is 0 Å². The molecule has 0 aliphatic carbocycles. The van der Waals surface area contributed by atoms with Crippen molar-refractivity contribution in [3.05, 3.63) is 0 Å². The van der Waals surface area contributed by atoms with Gasteiger partial charge in [-0.25, -0.2) is 0 Å². The number of piperidine rings is 1. The molecular weight excluding hydrogens is 270 g/mol. The number of amides is 3. The van der Waals surface area contributed by atoms with Gasteiger partial charge >= 0.3 is 0 Å². The van der Waals surface area contributed by atoms with Crippen LogP contribution in [0, 0.1) is 11.3 Å². The summed E-state index contributed by atoms with van der Waals surface area (Å²) in [5.74, 6) is -0.546. The van der Waals surface area contributed by atoms with Crippen molar-refractivity contribution in [3.8, 4) is 0 Å². The van der Waals surface area contributed by atoms with E-state index in [4.69, 9.17) is 0 Å². The molecule has 0 aromatic rings. The van der Waals surface area contributed by atoms with Crippen LogP contribution in [0.2, 0.25) is 0 Å². The predicted molar refractivity (Wildman–Crippen MR) is 80.4 cm³/mol. The van der Waals surface area contributed by atoms with Crippen molar-refractivity contribution in [3.63, 3.8) is 0 Å². The van der Waals surface area contributed by atoms with E-state index in [0.717, 1.165) is 12.8 Å². The monoisotopic (exact) mass is 297 g/mol. The lowest BCUT2D eigenvalue weighted by molar-refractivity contribution is -0.143. The molecular formula is C15H27N3O3. The summed E-state index contributed by atoms with van der Waals surface area (Å²) in [6.45, 7) is 8.43. The second kappa shape index (κ2) is 6.91. The summed E-state index contributed by atoms with van der Waals surface area (Å²) < 4.78 is 0. The molecule has 2 atom stereocenters. The van der Waals surface area contributed by atoms with Crippen molar-refractivity contribution < 1.29 is 14.4 Å². The third-order valence-electron chi connectivity index (χ3n) is 3.72. The Labute approximate surface area is 126 Å². The summed E-state index contributed by atoms with van der Waals surface area (Å²) in [5, 5.41) is 5.21. The van der Waals surface area contributed by atoms with Crippen LogP contribution >= 0.6 is 0 Å². The van der Waals surface area contributed by atoms with Gasteiger partial charge in [-0.15, -0.1) is 0 Å². The molecule has 1 fully saturated rings. The molecule has 1 aliphatic rings. The maximum atomic E-state index is 12.3. The van der Waals surface area contributed by atoms with Crippen LogP contribution in [0.5, 0.6) is 0 Å². The van der Waals surface area contributed by atoms with Crippen LogP contribution in [0.1, 0.15) is 40.5 Å². The van der Waals surface area contributed by atoms with Gasteiger partial charge in [0.15, 0.2) is 0 Å². The molecule has 1 heterocycles.